The third-order valence-corrected chi connectivity index (χ3v) is 4.14. The molecule has 0 radical (unpaired) electrons. The molecule has 26 heavy (non-hydrogen) atoms. The summed E-state index contributed by atoms with van der Waals surface area (Å²) in [5.74, 6) is 0.180. The van der Waals surface area contributed by atoms with E-state index in [4.69, 9.17) is 21.1 Å². The van der Waals surface area contributed by atoms with E-state index in [-0.39, 0.29) is 24.8 Å². The number of nitrogens with zero attached hydrogens (tertiary/aromatic N) is 1. The molecule has 0 saturated carbocycles. The van der Waals surface area contributed by atoms with E-state index in [0.29, 0.717) is 23.7 Å². The monoisotopic (exact) mass is 375 g/mol. The molecular formula is C20H22ClNO4. The molecule has 0 unspecified atom stereocenters. The first-order valence-electron chi connectivity index (χ1n) is 8.37. The summed E-state index contributed by atoms with van der Waals surface area (Å²) < 4.78 is 10.1. The second kappa shape index (κ2) is 9.82. The highest BCUT2D eigenvalue weighted by Crippen LogP contribution is 2.20. The summed E-state index contributed by atoms with van der Waals surface area (Å²) in [7, 11) is 1.60. The minimum absolute atomic E-state index is 0.125. The average Bonchev–Trinajstić information content (AvgIpc) is 2.65. The number of ether oxygens (including phenoxy) is 2. The zero-order valence-corrected chi connectivity index (χ0v) is 15.7. The van der Waals surface area contributed by atoms with Crippen LogP contribution >= 0.6 is 11.6 Å². The Labute approximate surface area is 158 Å². The Hall–Kier alpha value is -2.53. The van der Waals surface area contributed by atoms with Crippen LogP contribution in [0.3, 0.4) is 0 Å². The number of carbonyl (C=O) groups excluding carboxylic acids is 2. The molecule has 0 bridgehead atoms. The SMILES string of the molecule is CCOC(=O)CCN(Cc1ccc(OC)cc1)C(=O)c1ccccc1Cl. The molecule has 0 fully saturated rings. The highest BCUT2D eigenvalue weighted by molar-refractivity contribution is 6.33. The van der Waals surface area contributed by atoms with E-state index in [9.17, 15) is 9.59 Å². The van der Waals surface area contributed by atoms with Gasteiger partial charge in [-0.2, -0.15) is 0 Å². The van der Waals surface area contributed by atoms with Crippen molar-refractivity contribution in [3.05, 3.63) is 64.7 Å². The predicted molar refractivity (Wildman–Crippen MR) is 100 cm³/mol. The number of carbonyl (C=O) groups is 2. The Bertz CT molecular complexity index is 746. The molecule has 0 saturated heterocycles. The van der Waals surface area contributed by atoms with Crippen molar-refractivity contribution in [2.75, 3.05) is 20.3 Å². The summed E-state index contributed by atoms with van der Waals surface area (Å²) in [5, 5.41) is 0.383. The lowest BCUT2D eigenvalue weighted by molar-refractivity contribution is -0.143. The van der Waals surface area contributed by atoms with Gasteiger partial charge in [0, 0.05) is 13.1 Å². The van der Waals surface area contributed by atoms with Crippen molar-refractivity contribution in [3.8, 4) is 5.75 Å². The van der Waals surface area contributed by atoms with E-state index in [1.807, 2.05) is 24.3 Å². The average molecular weight is 376 g/mol. The third kappa shape index (κ3) is 5.49. The fourth-order valence-corrected chi connectivity index (χ4v) is 2.68. The summed E-state index contributed by atoms with van der Waals surface area (Å²) in [6, 6.07) is 14.3. The summed E-state index contributed by atoms with van der Waals surface area (Å²) in [5.41, 5.74) is 1.33. The van der Waals surface area contributed by atoms with Crippen molar-refractivity contribution in [2.24, 2.45) is 0 Å². The van der Waals surface area contributed by atoms with Crippen molar-refractivity contribution >= 4 is 23.5 Å². The van der Waals surface area contributed by atoms with Crippen LogP contribution in [0.5, 0.6) is 5.75 Å². The number of esters is 1. The summed E-state index contributed by atoms with van der Waals surface area (Å²) in [4.78, 5) is 26.2. The van der Waals surface area contributed by atoms with Crippen LogP contribution in [0, 0.1) is 0 Å². The van der Waals surface area contributed by atoms with Gasteiger partial charge < -0.3 is 14.4 Å². The van der Waals surface area contributed by atoms with Crippen molar-refractivity contribution in [1.29, 1.82) is 0 Å². The molecule has 0 atom stereocenters. The number of benzene rings is 2. The van der Waals surface area contributed by atoms with Gasteiger partial charge in [-0.1, -0.05) is 35.9 Å². The van der Waals surface area contributed by atoms with Gasteiger partial charge in [0.05, 0.1) is 30.7 Å². The second-order valence-electron chi connectivity index (χ2n) is 5.61. The number of halogens is 1. The van der Waals surface area contributed by atoms with Crippen LogP contribution in [0.4, 0.5) is 0 Å². The van der Waals surface area contributed by atoms with Gasteiger partial charge in [-0.3, -0.25) is 9.59 Å². The summed E-state index contributed by atoms with van der Waals surface area (Å²) >= 11 is 6.16. The summed E-state index contributed by atoms with van der Waals surface area (Å²) in [6.07, 6.45) is 0.125. The number of amides is 1. The largest absolute Gasteiger partial charge is 0.497 e. The molecule has 2 aromatic carbocycles. The van der Waals surface area contributed by atoms with Gasteiger partial charge in [-0.05, 0) is 36.8 Å². The second-order valence-corrected chi connectivity index (χ2v) is 6.02. The first kappa shape index (κ1) is 19.8. The standard InChI is InChI=1S/C20H22ClNO4/c1-3-26-19(23)12-13-22(14-15-8-10-16(25-2)11-9-15)20(24)17-6-4-5-7-18(17)21/h4-11H,3,12-14H2,1-2H3. The Morgan fingerprint density at radius 2 is 1.77 bits per heavy atom. The lowest BCUT2D eigenvalue weighted by Crippen LogP contribution is -2.33. The molecule has 0 aliphatic rings. The van der Waals surface area contributed by atoms with Crippen molar-refractivity contribution < 1.29 is 19.1 Å². The predicted octanol–water partition coefficient (Wildman–Crippen LogP) is 3.94. The van der Waals surface area contributed by atoms with Gasteiger partial charge in [0.15, 0.2) is 0 Å². The molecule has 0 aliphatic heterocycles. The smallest absolute Gasteiger partial charge is 0.307 e. The van der Waals surface area contributed by atoms with Gasteiger partial charge in [-0.25, -0.2) is 0 Å². The minimum atomic E-state index is -0.334. The Morgan fingerprint density at radius 1 is 1.08 bits per heavy atom. The molecule has 0 spiro atoms. The van der Waals surface area contributed by atoms with E-state index in [1.165, 1.54) is 0 Å². The van der Waals surface area contributed by atoms with Gasteiger partial charge in [0.2, 0.25) is 0 Å². The van der Waals surface area contributed by atoms with Crippen molar-refractivity contribution in [2.45, 2.75) is 19.9 Å². The molecule has 0 heterocycles. The molecular weight excluding hydrogens is 354 g/mol. The number of hydrogen-bond donors (Lipinski definition) is 0. The lowest BCUT2D eigenvalue weighted by Gasteiger charge is -2.23. The van der Waals surface area contributed by atoms with Gasteiger partial charge >= 0.3 is 5.97 Å². The molecule has 2 rings (SSSR count). The molecule has 0 N–H and O–H groups in total. The molecule has 0 aliphatic carbocycles. The van der Waals surface area contributed by atoms with E-state index < -0.39 is 0 Å². The van der Waals surface area contributed by atoms with E-state index in [1.54, 1.807) is 43.2 Å². The topological polar surface area (TPSA) is 55.8 Å². The number of rotatable bonds is 8. The van der Waals surface area contributed by atoms with Crippen LogP contribution in [-0.4, -0.2) is 37.0 Å². The maximum atomic E-state index is 12.9. The molecule has 2 aromatic rings. The molecule has 0 aromatic heterocycles. The highest BCUT2D eigenvalue weighted by Gasteiger charge is 2.20. The van der Waals surface area contributed by atoms with Gasteiger partial charge in [0.1, 0.15) is 5.75 Å². The van der Waals surface area contributed by atoms with Crippen LogP contribution in [0.15, 0.2) is 48.5 Å². The van der Waals surface area contributed by atoms with E-state index >= 15 is 0 Å². The van der Waals surface area contributed by atoms with Gasteiger partial charge in [-0.15, -0.1) is 0 Å². The fraction of sp³-hybridized carbons (Fsp3) is 0.300. The normalized spacial score (nSPS) is 10.3. The Balaban J connectivity index is 2.18. The van der Waals surface area contributed by atoms with E-state index in [0.717, 1.165) is 11.3 Å². The first-order valence-corrected chi connectivity index (χ1v) is 8.75. The summed E-state index contributed by atoms with van der Waals surface area (Å²) in [6.45, 7) is 2.67. The van der Waals surface area contributed by atoms with Crippen molar-refractivity contribution in [3.63, 3.8) is 0 Å². The Kier molecular flexibility index (Phi) is 7.48. The van der Waals surface area contributed by atoms with Crippen LogP contribution in [0.2, 0.25) is 5.02 Å². The maximum absolute atomic E-state index is 12.9. The molecule has 1 amide bonds. The van der Waals surface area contributed by atoms with Gasteiger partial charge in [0.25, 0.3) is 5.91 Å². The quantitative estimate of drug-likeness (QED) is 0.656. The molecule has 6 heteroatoms. The first-order chi connectivity index (χ1) is 12.5. The van der Waals surface area contributed by atoms with Crippen LogP contribution in [0.25, 0.3) is 0 Å². The minimum Gasteiger partial charge on any atom is -0.497 e. The lowest BCUT2D eigenvalue weighted by atomic mass is 10.1. The van der Waals surface area contributed by atoms with Crippen LogP contribution in [0.1, 0.15) is 29.3 Å². The number of methoxy groups -OCH3 is 1. The Morgan fingerprint density at radius 3 is 2.38 bits per heavy atom. The zero-order valence-electron chi connectivity index (χ0n) is 14.9. The van der Waals surface area contributed by atoms with Crippen molar-refractivity contribution in [1.82, 2.24) is 4.90 Å². The highest BCUT2D eigenvalue weighted by atomic mass is 35.5. The molecule has 138 valence electrons. The maximum Gasteiger partial charge on any atom is 0.307 e. The fourth-order valence-electron chi connectivity index (χ4n) is 2.47. The van der Waals surface area contributed by atoms with Crippen LogP contribution < -0.4 is 4.74 Å². The van der Waals surface area contributed by atoms with E-state index in [2.05, 4.69) is 0 Å². The molecule has 5 nitrogen and oxygen atoms in total. The number of hydrogen-bond acceptors (Lipinski definition) is 4. The zero-order chi connectivity index (χ0) is 18.9. The van der Waals surface area contributed by atoms with Crippen LogP contribution in [-0.2, 0) is 16.1 Å². The third-order valence-electron chi connectivity index (χ3n) is 3.82.